The number of benzene rings is 2. The van der Waals surface area contributed by atoms with Gasteiger partial charge in [0.05, 0.1) is 6.54 Å². The highest BCUT2D eigenvalue weighted by molar-refractivity contribution is 5.96. The molecule has 1 heterocycles. The smallest absolute Gasteiger partial charge is 0.251 e. The van der Waals surface area contributed by atoms with E-state index in [0.29, 0.717) is 18.7 Å². The molecule has 2 aromatic carbocycles. The molecule has 1 fully saturated rings. The number of hydrogen-bond acceptors (Lipinski definition) is 3. The van der Waals surface area contributed by atoms with Crippen LogP contribution in [0.2, 0.25) is 0 Å². The van der Waals surface area contributed by atoms with Gasteiger partial charge in [0.15, 0.2) is 0 Å². The summed E-state index contributed by atoms with van der Waals surface area (Å²) in [5.74, 6) is -0.238. The van der Waals surface area contributed by atoms with Gasteiger partial charge in [-0.3, -0.25) is 14.5 Å². The molecule has 2 amide bonds. The normalized spacial score (nSPS) is 15.0. The largest absolute Gasteiger partial charge is 0.343 e. The van der Waals surface area contributed by atoms with Crippen LogP contribution in [0.4, 0.5) is 0 Å². The number of carbonyl (C=O) groups is 2. The van der Waals surface area contributed by atoms with Crippen molar-refractivity contribution in [2.24, 2.45) is 0 Å². The molecule has 0 aromatic heterocycles. The number of amides is 2. The van der Waals surface area contributed by atoms with Gasteiger partial charge in [-0.15, -0.1) is 0 Å². The van der Waals surface area contributed by atoms with Crippen LogP contribution in [0.1, 0.15) is 21.5 Å². The molecule has 1 saturated heterocycles. The fourth-order valence-electron chi connectivity index (χ4n) is 3.16. The van der Waals surface area contributed by atoms with Gasteiger partial charge in [-0.1, -0.05) is 60.2 Å². The molecule has 0 atom stereocenters. The SMILES string of the molecule is Cc1ccc(C(=O)NCC(=O)N2CCN(C/C=C/c3ccccc3)CC2)cc1. The molecule has 0 unspecified atom stereocenters. The van der Waals surface area contributed by atoms with Crippen LogP contribution in [0.25, 0.3) is 6.08 Å². The first-order valence-corrected chi connectivity index (χ1v) is 9.68. The van der Waals surface area contributed by atoms with E-state index in [2.05, 4.69) is 34.5 Å². The van der Waals surface area contributed by atoms with Crippen LogP contribution in [0, 0.1) is 6.92 Å². The van der Waals surface area contributed by atoms with Crippen LogP contribution < -0.4 is 5.32 Å². The van der Waals surface area contributed by atoms with E-state index in [1.165, 1.54) is 5.56 Å². The van der Waals surface area contributed by atoms with Crippen LogP contribution >= 0.6 is 0 Å². The second-order valence-corrected chi connectivity index (χ2v) is 7.04. The van der Waals surface area contributed by atoms with Gasteiger partial charge < -0.3 is 10.2 Å². The summed E-state index contributed by atoms with van der Waals surface area (Å²) in [5, 5.41) is 2.72. The lowest BCUT2D eigenvalue weighted by Crippen LogP contribution is -2.51. The van der Waals surface area contributed by atoms with Crippen molar-refractivity contribution in [1.82, 2.24) is 15.1 Å². The molecule has 5 heteroatoms. The Kier molecular flexibility index (Phi) is 6.98. The third kappa shape index (κ3) is 5.79. The van der Waals surface area contributed by atoms with E-state index in [-0.39, 0.29) is 18.4 Å². The molecule has 1 N–H and O–H groups in total. The Balaban J connectivity index is 1.38. The zero-order valence-corrected chi connectivity index (χ0v) is 16.3. The predicted octanol–water partition coefficient (Wildman–Crippen LogP) is 2.58. The van der Waals surface area contributed by atoms with Gasteiger partial charge in [0.2, 0.25) is 5.91 Å². The van der Waals surface area contributed by atoms with Crippen molar-refractivity contribution in [2.75, 3.05) is 39.3 Å². The maximum atomic E-state index is 12.4. The fraction of sp³-hybridized carbons (Fsp3) is 0.304. The number of piperazine rings is 1. The highest BCUT2D eigenvalue weighted by atomic mass is 16.2. The minimum atomic E-state index is -0.210. The zero-order chi connectivity index (χ0) is 19.8. The Labute approximate surface area is 166 Å². The van der Waals surface area contributed by atoms with Crippen LogP contribution in [-0.4, -0.2) is 60.9 Å². The molecule has 0 saturated carbocycles. The average Bonchev–Trinajstić information content (AvgIpc) is 2.73. The molecule has 3 rings (SSSR count). The van der Waals surface area contributed by atoms with Crippen molar-refractivity contribution >= 4 is 17.9 Å². The van der Waals surface area contributed by atoms with Gasteiger partial charge in [0.25, 0.3) is 5.91 Å². The summed E-state index contributed by atoms with van der Waals surface area (Å²) < 4.78 is 0. The second-order valence-electron chi connectivity index (χ2n) is 7.04. The van der Waals surface area contributed by atoms with Crippen molar-refractivity contribution in [3.8, 4) is 0 Å². The Morgan fingerprint density at radius 2 is 1.64 bits per heavy atom. The van der Waals surface area contributed by atoms with E-state index >= 15 is 0 Å². The first-order valence-electron chi connectivity index (χ1n) is 9.68. The number of carbonyl (C=O) groups excluding carboxylic acids is 2. The molecular weight excluding hydrogens is 350 g/mol. The maximum Gasteiger partial charge on any atom is 0.251 e. The fourth-order valence-corrected chi connectivity index (χ4v) is 3.16. The number of hydrogen-bond donors (Lipinski definition) is 1. The molecule has 1 aliphatic heterocycles. The first kappa shape index (κ1) is 19.8. The molecule has 0 aliphatic carbocycles. The van der Waals surface area contributed by atoms with E-state index in [1.807, 2.05) is 42.2 Å². The second kappa shape index (κ2) is 9.85. The molecule has 28 heavy (non-hydrogen) atoms. The molecule has 0 radical (unpaired) electrons. The van der Waals surface area contributed by atoms with Gasteiger partial charge in [0.1, 0.15) is 0 Å². The molecule has 1 aliphatic rings. The minimum Gasteiger partial charge on any atom is -0.343 e. The quantitative estimate of drug-likeness (QED) is 0.842. The Morgan fingerprint density at radius 1 is 0.964 bits per heavy atom. The summed E-state index contributed by atoms with van der Waals surface area (Å²) in [5.41, 5.74) is 2.87. The monoisotopic (exact) mass is 377 g/mol. The highest BCUT2D eigenvalue weighted by Crippen LogP contribution is 2.06. The summed E-state index contributed by atoms with van der Waals surface area (Å²) in [6.45, 7) is 5.97. The van der Waals surface area contributed by atoms with Crippen LogP contribution in [-0.2, 0) is 4.79 Å². The summed E-state index contributed by atoms with van der Waals surface area (Å²) in [6, 6.07) is 17.6. The molecule has 146 valence electrons. The number of nitrogens with one attached hydrogen (secondary N) is 1. The molecule has 5 nitrogen and oxygen atoms in total. The topological polar surface area (TPSA) is 52.7 Å². The standard InChI is InChI=1S/C23H27N3O2/c1-19-9-11-21(12-10-19)23(28)24-18-22(27)26-16-14-25(15-17-26)13-5-8-20-6-3-2-4-7-20/h2-12H,13-18H2,1H3,(H,24,28)/b8-5+. The molecule has 0 spiro atoms. The number of nitrogens with zero attached hydrogens (tertiary/aromatic N) is 2. The first-order chi connectivity index (χ1) is 13.6. The van der Waals surface area contributed by atoms with Crippen molar-refractivity contribution < 1.29 is 9.59 Å². The Morgan fingerprint density at radius 3 is 2.32 bits per heavy atom. The van der Waals surface area contributed by atoms with Crippen molar-refractivity contribution in [2.45, 2.75) is 6.92 Å². The summed E-state index contributed by atoms with van der Waals surface area (Å²) in [4.78, 5) is 28.7. The molecular formula is C23H27N3O2. The third-order valence-corrected chi connectivity index (χ3v) is 4.91. The van der Waals surface area contributed by atoms with Gasteiger partial charge in [-0.05, 0) is 24.6 Å². The Bertz CT molecular complexity index is 808. The van der Waals surface area contributed by atoms with E-state index in [9.17, 15) is 9.59 Å². The summed E-state index contributed by atoms with van der Waals surface area (Å²) in [6.07, 6.45) is 4.28. The van der Waals surface area contributed by atoms with Crippen LogP contribution in [0.15, 0.2) is 60.7 Å². The van der Waals surface area contributed by atoms with E-state index in [0.717, 1.165) is 25.2 Å². The third-order valence-electron chi connectivity index (χ3n) is 4.91. The van der Waals surface area contributed by atoms with Crippen molar-refractivity contribution in [3.05, 3.63) is 77.4 Å². The number of aryl methyl sites for hydroxylation is 1. The van der Waals surface area contributed by atoms with Gasteiger partial charge in [-0.2, -0.15) is 0 Å². The van der Waals surface area contributed by atoms with E-state index in [4.69, 9.17) is 0 Å². The highest BCUT2D eigenvalue weighted by Gasteiger charge is 2.20. The van der Waals surface area contributed by atoms with E-state index < -0.39 is 0 Å². The lowest BCUT2D eigenvalue weighted by molar-refractivity contribution is -0.131. The summed E-state index contributed by atoms with van der Waals surface area (Å²) in [7, 11) is 0. The van der Waals surface area contributed by atoms with Crippen molar-refractivity contribution in [1.29, 1.82) is 0 Å². The lowest BCUT2D eigenvalue weighted by atomic mass is 10.1. The predicted molar refractivity (Wildman–Crippen MR) is 112 cm³/mol. The summed E-state index contributed by atoms with van der Waals surface area (Å²) >= 11 is 0. The average molecular weight is 377 g/mol. The van der Waals surface area contributed by atoms with Crippen molar-refractivity contribution in [3.63, 3.8) is 0 Å². The maximum absolute atomic E-state index is 12.4. The van der Waals surface area contributed by atoms with Gasteiger partial charge >= 0.3 is 0 Å². The van der Waals surface area contributed by atoms with Gasteiger partial charge in [-0.25, -0.2) is 0 Å². The van der Waals surface area contributed by atoms with Gasteiger partial charge in [0, 0.05) is 38.3 Å². The molecule has 2 aromatic rings. The van der Waals surface area contributed by atoms with E-state index in [1.54, 1.807) is 12.1 Å². The minimum absolute atomic E-state index is 0.0278. The molecule has 0 bridgehead atoms. The zero-order valence-electron chi connectivity index (χ0n) is 16.3. The Hall–Kier alpha value is -2.92. The lowest BCUT2D eigenvalue weighted by Gasteiger charge is -2.34. The number of rotatable bonds is 6. The van der Waals surface area contributed by atoms with Crippen LogP contribution in [0.5, 0.6) is 0 Å². The van der Waals surface area contributed by atoms with Crippen LogP contribution in [0.3, 0.4) is 0 Å².